The third kappa shape index (κ3) is 2.30. The van der Waals surface area contributed by atoms with E-state index in [1.807, 2.05) is 12.3 Å². The number of hydrogen-bond acceptors (Lipinski definition) is 2. The summed E-state index contributed by atoms with van der Waals surface area (Å²) in [6.45, 7) is 4.02. The first-order valence-electron chi connectivity index (χ1n) is 5.67. The van der Waals surface area contributed by atoms with Crippen molar-refractivity contribution in [3.8, 4) is 0 Å². The fraction of sp³-hybridized carbons (Fsp3) is 0.385. The largest absolute Gasteiger partial charge is 0.348 e. The fourth-order valence-electron chi connectivity index (χ4n) is 2.12. The minimum Gasteiger partial charge on any atom is -0.348 e. The van der Waals surface area contributed by atoms with Gasteiger partial charge >= 0.3 is 0 Å². The highest BCUT2D eigenvalue weighted by Crippen LogP contribution is 2.22. The lowest BCUT2D eigenvalue weighted by Gasteiger charge is -2.18. The summed E-state index contributed by atoms with van der Waals surface area (Å²) in [5.74, 6) is -0.124. The van der Waals surface area contributed by atoms with Crippen LogP contribution >= 0.6 is 0 Å². The molecule has 0 aliphatic heterocycles. The zero-order chi connectivity index (χ0) is 11.4. The van der Waals surface area contributed by atoms with E-state index in [1.165, 1.54) is 35.7 Å². The van der Waals surface area contributed by atoms with E-state index in [2.05, 4.69) is 16.9 Å². The Bertz CT molecular complexity index is 412. The Morgan fingerprint density at radius 2 is 2.31 bits per heavy atom. The van der Waals surface area contributed by atoms with Crippen LogP contribution < -0.4 is 5.32 Å². The van der Waals surface area contributed by atoms with Gasteiger partial charge in [0, 0.05) is 18.4 Å². The number of carbonyl (C=O) groups excluding carboxylic acids is 1. The highest BCUT2D eigenvalue weighted by molar-refractivity contribution is 5.86. The number of aryl methyl sites for hydroxylation is 1. The predicted octanol–water partition coefficient (Wildman–Crippen LogP) is 1.76. The number of hydrogen-bond donors (Lipinski definition) is 1. The molecule has 0 atom stereocenters. The molecule has 1 aromatic heterocycles. The molecule has 0 aromatic carbocycles. The molecule has 0 unspecified atom stereocenters. The molecule has 0 saturated heterocycles. The Kier molecular flexibility index (Phi) is 3.34. The van der Waals surface area contributed by atoms with Gasteiger partial charge in [-0.15, -0.1) is 0 Å². The molecule has 0 fully saturated rings. The van der Waals surface area contributed by atoms with Crippen molar-refractivity contribution in [2.24, 2.45) is 0 Å². The highest BCUT2D eigenvalue weighted by atomic mass is 16.1. The Morgan fingerprint density at radius 3 is 3.12 bits per heavy atom. The van der Waals surface area contributed by atoms with Gasteiger partial charge in [-0.3, -0.25) is 9.78 Å². The van der Waals surface area contributed by atoms with Gasteiger partial charge in [-0.2, -0.15) is 0 Å². The van der Waals surface area contributed by atoms with Crippen molar-refractivity contribution >= 4 is 5.91 Å². The fourth-order valence-corrected chi connectivity index (χ4v) is 2.12. The molecule has 1 amide bonds. The van der Waals surface area contributed by atoms with Gasteiger partial charge in [-0.25, -0.2) is 0 Å². The van der Waals surface area contributed by atoms with E-state index in [0.717, 1.165) is 12.8 Å². The SMILES string of the molecule is C=CC(=O)NCc1ccnc2c1CCCC2. The van der Waals surface area contributed by atoms with E-state index in [-0.39, 0.29) is 5.91 Å². The zero-order valence-electron chi connectivity index (χ0n) is 9.33. The van der Waals surface area contributed by atoms with Gasteiger partial charge in [0.05, 0.1) is 0 Å². The first-order chi connectivity index (χ1) is 7.81. The third-order valence-corrected chi connectivity index (χ3v) is 2.97. The minimum absolute atomic E-state index is 0.124. The van der Waals surface area contributed by atoms with E-state index in [4.69, 9.17) is 0 Å². The number of rotatable bonds is 3. The van der Waals surface area contributed by atoms with Gasteiger partial charge in [0.2, 0.25) is 5.91 Å². The summed E-state index contributed by atoms with van der Waals surface area (Å²) < 4.78 is 0. The quantitative estimate of drug-likeness (QED) is 0.782. The number of amides is 1. The van der Waals surface area contributed by atoms with Crippen molar-refractivity contribution in [2.75, 3.05) is 0 Å². The molecule has 1 aliphatic rings. The van der Waals surface area contributed by atoms with Gasteiger partial charge in [0.25, 0.3) is 0 Å². The molecule has 2 rings (SSSR count). The molecule has 3 nitrogen and oxygen atoms in total. The van der Waals surface area contributed by atoms with Crippen molar-refractivity contribution in [1.82, 2.24) is 10.3 Å². The Balaban J connectivity index is 2.14. The monoisotopic (exact) mass is 216 g/mol. The number of nitrogens with one attached hydrogen (secondary N) is 1. The average Bonchev–Trinajstić information content (AvgIpc) is 2.35. The zero-order valence-corrected chi connectivity index (χ0v) is 9.33. The Labute approximate surface area is 95.6 Å². The molecule has 1 N–H and O–H groups in total. The molecule has 84 valence electrons. The first kappa shape index (κ1) is 10.9. The summed E-state index contributed by atoms with van der Waals surface area (Å²) in [5, 5.41) is 2.81. The van der Waals surface area contributed by atoms with Crippen molar-refractivity contribution in [1.29, 1.82) is 0 Å². The molecule has 16 heavy (non-hydrogen) atoms. The first-order valence-corrected chi connectivity index (χ1v) is 5.67. The number of pyridine rings is 1. The van der Waals surface area contributed by atoms with E-state index < -0.39 is 0 Å². The molecule has 0 spiro atoms. The van der Waals surface area contributed by atoms with Crippen LogP contribution in [0.25, 0.3) is 0 Å². The molecule has 1 heterocycles. The molecule has 3 heteroatoms. The van der Waals surface area contributed by atoms with Crippen LogP contribution in [0, 0.1) is 0 Å². The van der Waals surface area contributed by atoms with Crippen LogP contribution in [0.1, 0.15) is 29.7 Å². The lowest BCUT2D eigenvalue weighted by molar-refractivity contribution is -0.116. The van der Waals surface area contributed by atoms with Gasteiger partial charge in [-0.05, 0) is 49.0 Å². The predicted molar refractivity (Wildman–Crippen MR) is 62.9 cm³/mol. The second kappa shape index (κ2) is 4.92. The van der Waals surface area contributed by atoms with Crippen molar-refractivity contribution < 1.29 is 4.79 Å². The lowest BCUT2D eigenvalue weighted by Crippen LogP contribution is -2.22. The maximum Gasteiger partial charge on any atom is 0.243 e. The highest BCUT2D eigenvalue weighted by Gasteiger charge is 2.13. The van der Waals surface area contributed by atoms with E-state index in [9.17, 15) is 4.79 Å². The summed E-state index contributed by atoms with van der Waals surface area (Å²) in [6, 6.07) is 1.99. The molecular weight excluding hydrogens is 200 g/mol. The van der Waals surface area contributed by atoms with E-state index in [1.54, 1.807) is 0 Å². The number of carbonyl (C=O) groups is 1. The molecule has 0 saturated carbocycles. The van der Waals surface area contributed by atoms with Crippen LogP contribution in [0.5, 0.6) is 0 Å². The smallest absolute Gasteiger partial charge is 0.243 e. The van der Waals surface area contributed by atoms with Crippen LogP contribution in [-0.2, 0) is 24.2 Å². The van der Waals surface area contributed by atoms with Crippen molar-refractivity contribution in [3.63, 3.8) is 0 Å². The van der Waals surface area contributed by atoms with E-state index in [0.29, 0.717) is 6.54 Å². The van der Waals surface area contributed by atoms with Gasteiger partial charge < -0.3 is 5.32 Å². The van der Waals surface area contributed by atoms with Gasteiger partial charge in [-0.1, -0.05) is 6.58 Å². The van der Waals surface area contributed by atoms with E-state index >= 15 is 0 Å². The van der Waals surface area contributed by atoms with Gasteiger partial charge in [0.15, 0.2) is 0 Å². The number of nitrogens with zero attached hydrogens (tertiary/aromatic N) is 1. The summed E-state index contributed by atoms with van der Waals surface area (Å²) >= 11 is 0. The Hall–Kier alpha value is -1.64. The molecule has 0 radical (unpaired) electrons. The standard InChI is InChI=1S/C13H16N2O/c1-2-13(16)15-9-10-7-8-14-12-6-4-3-5-11(10)12/h2,7-8H,1,3-6,9H2,(H,15,16). The second-order valence-electron chi connectivity index (χ2n) is 4.02. The van der Waals surface area contributed by atoms with Crippen LogP contribution in [0.15, 0.2) is 24.9 Å². The van der Waals surface area contributed by atoms with Gasteiger partial charge in [0.1, 0.15) is 0 Å². The van der Waals surface area contributed by atoms with Crippen LogP contribution in [0.3, 0.4) is 0 Å². The lowest BCUT2D eigenvalue weighted by atomic mass is 9.92. The minimum atomic E-state index is -0.124. The molecular formula is C13H16N2O. The topological polar surface area (TPSA) is 42.0 Å². The van der Waals surface area contributed by atoms with Crippen LogP contribution in [0.4, 0.5) is 0 Å². The summed E-state index contributed by atoms with van der Waals surface area (Å²) in [7, 11) is 0. The normalized spacial score (nSPS) is 14.0. The maximum atomic E-state index is 11.1. The van der Waals surface area contributed by atoms with Crippen molar-refractivity contribution in [2.45, 2.75) is 32.2 Å². The van der Waals surface area contributed by atoms with Crippen LogP contribution in [-0.4, -0.2) is 10.9 Å². The second-order valence-corrected chi connectivity index (χ2v) is 4.02. The third-order valence-electron chi connectivity index (χ3n) is 2.97. The Morgan fingerprint density at radius 1 is 1.50 bits per heavy atom. The molecule has 0 bridgehead atoms. The molecule has 1 aromatic rings. The van der Waals surface area contributed by atoms with Crippen molar-refractivity contribution in [3.05, 3.63) is 41.7 Å². The number of fused-ring (bicyclic) bond motifs is 1. The summed E-state index contributed by atoms with van der Waals surface area (Å²) in [4.78, 5) is 15.5. The molecule has 1 aliphatic carbocycles. The van der Waals surface area contributed by atoms with Crippen LogP contribution in [0.2, 0.25) is 0 Å². The maximum absolute atomic E-state index is 11.1. The summed E-state index contributed by atoms with van der Waals surface area (Å²) in [6.07, 6.45) is 7.73. The average molecular weight is 216 g/mol. The summed E-state index contributed by atoms with van der Waals surface area (Å²) in [5.41, 5.74) is 3.73. The number of aromatic nitrogens is 1.